The minimum Gasteiger partial charge on any atom is -0.481 e. The molecule has 0 spiro atoms. The van der Waals surface area contributed by atoms with Crippen LogP contribution < -0.4 is 10.1 Å². The van der Waals surface area contributed by atoms with E-state index in [1.54, 1.807) is 6.92 Å². The molecule has 1 N–H and O–H groups in total. The number of carbonyl (C=O) groups excluding carboxylic acids is 1. The van der Waals surface area contributed by atoms with Gasteiger partial charge in [-0.05, 0) is 43.9 Å². The first-order valence-electron chi connectivity index (χ1n) is 10.0. The van der Waals surface area contributed by atoms with Crippen LogP contribution in [-0.4, -0.2) is 21.8 Å². The summed E-state index contributed by atoms with van der Waals surface area (Å²) >= 11 is 0. The van der Waals surface area contributed by atoms with Gasteiger partial charge >= 0.3 is 0 Å². The highest BCUT2D eigenvalue weighted by Crippen LogP contribution is 2.30. The number of ether oxygens (including phenoxy) is 1. The van der Waals surface area contributed by atoms with Crippen molar-refractivity contribution in [3.05, 3.63) is 83.2 Å². The van der Waals surface area contributed by atoms with Gasteiger partial charge in [0.2, 0.25) is 0 Å². The van der Waals surface area contributed by atoms with Crippen LogP contribution in [0.1, 0.15) is 42.6 Å². The monoisotopic (exact) mass is 411 g/mol. The molecule has 2 unspecified atom stereocenters. The van der Waals surface area contributed by atoms with Gasteiger partial charge in [0.25, 0.3) is 5.91 Å². The lowest BCUT2D eigenvalue weighted by molar-refractivity contribution is -0.128. The fraction of sp³-hybridized carbons (Fsp3) is 0.304. The lowest BCUT2D eigenvalue weighted by atomic mass is 9.92. The maximum absolute atomic E-state index is 13.4. The van der Waals surface area contributed by atoms with E-state index in [1.807, 2.05) is 29.1 Å². The average molecular weight is 411 g/mol. The van der Waals surface area contributed by atoms with Crippen molar-refractivity contribution in [1.29, 1.82) is 0 Å². The van der Waals surface area contributed by atoms with Crippen LogP contribution in [0.15, 0.2) is 54.7 Å². The maximum atomic E-state index is 13.4. The SMILES string of the molecule is CC(Oc1ccc(F)c(F)c1)C(=O)NC1CCCc2c1cnn2Cc1ccccc1. The molecule has 2 aromatic carbocycles. The predicted octanol–water partition coefficient (Wildman–Crippen LogP) is 4.17. The first-order valence-corrected chi connectivity index (χ1v) is 10.0. The van der Waals surface area contributed by atoms with Gasteiger partial charge in [0.1, 0.15) is 5.75 Å². The van der Waals surface area contributed by atoms with E-state index < -0.39 is 17.7 Å². The van der Waals surface area contributed by atoms with Crippen LogP contribution in [0.5, 0.6) is 5.75 Å². The number of nitrogens with one attached hydrogen (secondary N) is 1. The third-order valence-corrected chi connectivity index (χ3v) is 5.33. The molecule has 2 atom stereocenters. The second kappa shape index (κ2) is 8.65. The fourth-order valence-corrected chi connectivity index (χ4v) is 3.76. The highest BCUT2D eigenvalue weighted by molar-refractivity contribution is 5.81. The van der Waals surface area contributed by atoms with Crippen molar-refractivity contribution < 1.29 is 18.3 Å². The van der Waals surface area contributed by atoms with Gasteiger partial charge in [0.15, 0.2) is 17.7 Å². The molecule has 0 bridgehead atoms. The smallest absolute Gasteiger partial charge is 0.261 e. The van der Waals surface area contributed by atoms with Gasteiger partial charge in [0, 0.05) is 17.3 Å². The van der Waals surface area contributed by atoms with Crippen molar-refractivity contribution in [1.82, 2.24) is 15.1 Å². The van der Waals surface area contributed by atoms with E-state index in [0.717, 1.165) is 42.7 Å². The van der Waals surface area contributed by atoms with Crippen LogP contribution in [0.3, 0.4) is 0 Å². The van der Waals surface area contributed by atoms with E-state index in [1.165, 1.54) is 11.6 Å². The quantitative estimate of drug-likeness (QED) is 0.662. The molecule has 30 heavy (non-hydrogen) atoms. The molecule has 7 heteroatoms. The van der Waals surface area contributed by atoms with Gasteiger partial charge in [0.05, 0.1) is 18.8 Å². The summed E-state index contributed by atoms with van der Waals surface area (Å²) in [7, 11) is 0. The summed E-state index contributed by atoms with van der Waals surface area (Å²) in [6, 6.07) is 13.2. The Kier molecular flexibility index (Phi) is 5.79. The average Bonchev–Trinajstić information content (AvgIpc) is 3.15. The number of halogens is 2. The van der Waals surface area contributed by atoms with Gasteiger partial charge in [-0.25, -0.2) is 8.78 Å². The van der Waals surface area contributed by atoms with Crippen molar-refractivity contribution >= 4 is 5.91 Å². The molecule has 1 aromatic heterocycles. The normalized spacial score (nSPS) is 16.6. The second-order valence-corrected chi connectivity index (χ2v) is 7.48. The van der Waals surface area contributed by atoms with E-state index in [0.29, 0.717) is 6.54 Å². The Morgan fingerprint density at radius 2 is 2.03 bits per heavy atom. The fourth-order valence-electron chi connectivity index (χ4n) is 3.76. The minimum atomic E-state index is -1.01. The van der Waals surface area contributed by atoms with E-state index >= 15 is 0 Å². The highest BCUT2D eigenvalue weighted by Gasteiger charge is 2.27. The molecule has 0 saturated carbocycles. The molecule has 0 radical (unpaired) electrons. The van der Waals surface area contributed by atoms with Crippen molar-refractivity contribution in [3.63, 3.8) is 0 Å². The van der Waals surface area contributed by atoms with Crippen LogP contribution >= 0.6 is 0 Å². The van der Waals surface area contributed by atoms with E-state index in [2.05, 4.69) is 22.5 Å². The molecule has 4 rings (SSSR count). The Balaban J connectivity index is 1.43. The Morgan fingerprint density at radius 1 is 1.23 bits per heavy atom. The number of hydrogen-bond acceptors (Lipinski definition) is 3. The predicted molar refractivity (Wildman–Crippen MR) is 108 cm³/mol. The number of aromatic nitrogens is 2. The van der Waals surface area contributed by atoms with Crippen molar-refractivity contribution in [2.24, 2.45) is 0 Å². The summed E-state index contributed by atoms with van der Waals surface area (Å²) < 4.78 is 33.9. The summed E-state index contributed by atoms with van der Waals surface area (Å²) in [4.78, 5) is 12.6. The Morgan fingerprint density at radius 3 is 2.80 bits per heavy atom. The zero-order valence-electron chi connectivity index (χ0n) is 16.6. The third-order valence-electron chi connectivity index (χ3n) is 5.33. The molecular formula is C23H23F2N3O2. The third kappa shape index (κ3) is 4.35. The Bertz CT molecular complexity index is 1040. The Labute approximate surface area is 173 Å². The van der Waals surface area contributed by atoms with Crippen LogP contribution in [0.4, 0.5) is 8.78 Å². The van der Waals surface area contributed by atoms with Gasteiger partial charge in [-0.15, -0.1) is 0 Å². The number of hydrogen-bond donors (Lipinski definition) is 1. The molecule has 5 nitrogen and oxygen atoms in total. The zero-order valence-corrected chi connectivity index (χ0v) is 16.6. The number of carbonyl (C=O) groups is 1. The van der Waals surface area contributed by atoms with Crippen molar-refractivity contribution in [3.8, 4) is 5.75 Å². The zero-order chi connectivity index (χ0) is 21.1. The van der Waals surface area contributed by atoms with E-state index in [-0.39, 0.29) is 17.7 Å². The minimum absolute atomic E-state index is 0.108. The van der Waals surface area contributed by atoms with Gasteiger partial charge in [-0.2, -0.15) is 5.10 Å². The van der Waals surface area contributed by atoms with Crippen LogP contribution in [0, 0.1) is 11.6 Å². The van der Waals surface area contributed by atoms with Crippen LogP contribution in [-0.2, 0) is 17.8 Å². The molecule has 0 saturated heterocycles. The molecule has 0 fully saturated rings. The second-order valence-electron chi connectivity index (χ2n) is 7.48. The first kappa shape index (κ1) is 20.1. The number of fused-ring (bicyclic) bond motifs is 1. The first-order chi connectivity index (χ1) is 14.5. The largest absolute Gasteiger partial charge is 0.481 e. The van der Waals surface area contributed by atoms with E-state index in [9.17, 15) is 13.6 Å². The lowest BCUT2D eigenvalue weighted by Crippen LogP contribution is -2.39. The summed E-state index contributed by atoms with van der Waals surface area (Å²) in [5, 5.41) is 7.55. The molecule has 1 amide bonds. The van der Waals surface area contributed by atoms with Crippen LogP contribution in [0.2, 0.25) is 0 Å². The van der Waals surface area contributed by atoms with Gasteiger partial charge < -0.3 is 10.1 Å². The van der Waals surface area contributed by atoms with Crippen LogP contribution in [0.25, 0.3) is 0 Å². The standard InChI is InChI=1S/C23H23F2N3O2/c1-15(30-17-10-11-19(24)20(25)12-17)23(29)27-21-8-5-9-22-18(21)13-26-28(22)14-16-6-3-2-4-7-16/h2-4,6-7,10-13,15,21H,5,8-9,14H2,1H3,(H,27,29). The maximum Gasteiger partial charge on any atom is 0.261 e. The summed E-state index contributed by atoms with van der Waals surface area (Å²) in [6.07, 6.45) is 3.64. The van der Waals surface area contributed by atoms with Crippen molar-refractivity contribution in [2.75, 3.05) is 0 Å². The summed E-state index contributed by atoms with van der Waals surface area (Å²) in [6.45, 7) is 2.27. The topological polar surface area (TPSA) is 56.1 Å². The summed E-state index contributed by atoms with van der Waals surface area (Å²) in [5.41, 5.74) is 3.32. The molecule has 156 valence electrons. The number of nitrogens with zero attached hydrogens (tertiary/aromatic N) is 2. The summed E-state index contributed by atoms with van der Waals surface area (Å²) in [5.74, 6) is -2.17. The molecule has 1 aliphatic rings. The highest BCUT2D eigenvalue weighted by atomic mass is 19.2. The van der Waals surface area contributed by atoms with Gasteiger partial charge in [-0.1, -0.05) is 30.3 Å². The lowest BCUT2D eigenvalue weighted by Gasteiger charge is -2.26. The van der Waals surface area contributed by atoms with E-state index in [4.69, 9.17) is 4.74 Å². The molecule has 0 aliphatic heterocycles. The molecule has 1 heterocycles. The number of benzene rings is 2. The molecule has 1 aliphatic carbocycles. The number of amides is 1. The number of rotatable bonds is 6. The van der Waals surface area contributed by atoms with Crippen molar-refractivity contribution in [2.45, 2.75) is 44.9 Å². The Hall–Kier alpha value is -3.22. The molecular weight excluding hydrogens is 388 g/mol. The van der Waals surface area contributed by atoms with Gasteiger partial charge in [-0.3, -0.25) is 9.48 Å². The molecule has 3 aromatic rings.